The summed E-state index contributed by atoms with van der Waals surface area (Å²) in [5.74, 6) is 1.50. The molecule has 0 aliphatic rings. The summed E-state index contributed by atoms with van der Waals surface area (Å²) in [6.07, 6.45) is 0. The summed E-state index contributed by atoms with van der Waals surface area (Å²) in [5.41, 5.74) is 5.50. The zero-order chi connectivity index (χ0) is 6.85. The number of aromatic nitrogens is 1. The Hall–Kier alpha value is -1.12. The van der Waals surface area contributed by atoms with Crippen molar-refractivity contribution in [2.24, 2.45) is 7.05 Å². The lowest BCUT2D eigenvalue weighted by atomic mass is 10.6. The Morgan fingerprint density at radius 2 is 2.22 bits per heavy atom. The van der Waals surface area contributed by atoms with Gasteiger partial charge in [0.2, 0.25) is 0 Å². The minimum absolute atomic E-state index is 0.715. The quantitative estimate of drug-likeness (QED) is 0.599. The predicted octanol–water partition coefficient (Wildman–Crippen LogP) is 0.616. The molecule has 0 spiro atoms. The summed E-state index contributed by atoms with van der Waals surface area (Å²) < 4.78 is 6.73. The molecule has 0 radical (unpaired) electrons. The minimum atomic E-state index is 0.715. The number of nitrogens with two attached hydrogens (primary N) is 1. The number of hydrogen-bond donors (Lipinski definition) is 1. The molecular formula is C6H10N2O. The molecule has 2 N–H and O–H groups in total. The van der Waals surface area contributed by atoms with Crippen molar-refractivity contribution in [3.05, 3.63) is 12.1 Å². The fraction of sp³-hybridized carbons (Fsp3) is 0.333. The van der Waals surface area contributed by atoms with Crippen LogP contribution < -0.4 is 10.5 Å². The van der Waals surface area contributed by atoms with Crippen LogP contribution in [-0.2, 0) is 7.05 Å². The highest BCUT2D eigenvalue weighted by Gasteiger charge is 1.97. The van der Waals surface area contributed by atoms with Crippen molar-refractivity contribution in [3.8, 4) is 5.88 Å². The number of ether oxygens (including phenoxy) is 1. The number of hydrogen-bond acceptors (Lipinski definition) is 2. The number of rotatable bonds is 1. The molecule has 9 heavy (non-hydrogen) atoms. The van der Waals surface area contributed by atoms with E-state index >= 15 is 0 Å². The largest absolute Gasteiger partial charge is 0.482 e. The molecule has 0 aliphatic heterocycles. The Balaban J connectivity index is 3.04. The van der Waals surface area contributed by atoms with Gasteiger partial charge in [0.25, 0.3) is 0 Å². The van der Waals surface area contributed by atoms with Gasteiger partial charge in [0.15, 0.2) is 5.88 Å². The second-order valence-corrected chi connectivity index (χ2v) is 1.86. The van der Waals surface area contributed by atoms with Gasteiger partial charge in [0, 0.05) is 13.1 Å². The summed E-state index contributed by atoms with van der Waals surface area (Å²) >= 11 is 0. The Morgan fingerprint density at radius 1 is 1.56 bits per heavy atom. The van der Waals surface area contributed by atoms with Crippen molar-refractivity contribution in [2.75, 3.05) is 12.8 Å². The summed E-state index contributed by atoms with van der Waals surface area (Å²) in [6, 6.07) is 3.63. The predicted molar refractivity (Wildman–Crippen MR) is 36.4 cm³/mol. The van der Waals surface area contributed by atoms with Crippen LogP contribution in [0.25, 0.3) is 0 Å². The van der Waals surface area contributed by atoms with Gasteiger partial charge >= 0.3 is 0 Å². The zero-order valence-electron chi connectivity index (χ0n) is 5.59. The van der Waals surface area contributed by atoms with Crippen molar-refractivity contribution in [3.63, 3.8) is 0 Å². The van der Waals surface area contributed by atoms with Gasteiger partial charge in [-0.3, -0.25) is 0 Å². The Labute approximate surface area is 54.0 Å². The average Bonchev–Trinajstić information content (AvgIpc) is 2.15. The molecule has 0 amide bonds. The molecule has 0 atom stereocenters. The number of methoxy groups -OCH3 is 1. The van der Waals surface area contributed by atoms with Gasteiger partial charge in [-0.15, -0.1) is 0 Å². The van der Waals surface area contributed by atoms with Gasteiger partial charge in [-0.25, -0.2) is 0 Å². The molecule has 0 aliphatic carbocycles. The molecule has 1 heterocycles. The molecule has 1 rings (SSSR count). The summed E-state index contributed by atoms with van der Waals surface area (Å²) in [6.45, 7) is 0. The molecule has 0 saturated carbocycles. The van der Waals surface area contributed by atoms with E-state index in [1.165, 1.54) is 0 Å². The Morgan fingerprint density at radius 3 is 2.44 bits per heavy atom. The zero-order valence-corrected chi connectivity index (χ0v) is 5.59. The van der Waals surface area contributed by atoms with Crippen LogP contribution in [0.1, 0.15) is 0 Å². The molecule has 0 bridgehead atoms. The third-order valence-electron chi connectivity index (χ3n) is 1.32. The second-order valence-electron chi connectivity index (χ2n) is 1.86. The molecule has 1 aromatic heterocycles. The SMILES string of the molecule is COc1ccc(N)n1C. The third kappa shape index (κ3) is 0.850. The van der Waals surface area contributed by atoms with E-state index in [-0.39, 0.29) is 0 Å². The summed E-state index contributed by atoms with van der Waals surface area (Å²) in [4.78, 5) is 0. The monoisotopic (exact) mass is 126 g/mol. The van der Waals surface area contributed by atoms with Gasteiger partial charge in [-0.2, -0.15) is 0 Å². The summed E-state index contributed by atoms with van der Waals surface area (Å²) in [7, 11) is 3.48. The maximum atomic E-state index is 5.50. The van der Waals surface area contributed by atoms with Gasteiger partial charge in [0.05, 0.1) is 7.11 Å². The first-order valence-corrected chi connectivity index (χ1v) is 2.71. The van der Waals surface area contributed by atoms with Crippen molar-refractivity contribution >= 4 is 5.82 Å². The van der Waals surface area contributed by atoms with E-state index in [2.05, 4.69) is 0 Å². The van der Waals surface area contributed by atoms with E-state index < -0.39 is 0 Å². The first-order chi connectivity index (χ1) is 4.25. The fourth-order valence-electron chi connectivity index (χ4n) is 0.712. The van der Waals surface area contributed by atoms with Gasteiger partial charge < -0.3 is 15.0 Å². The van der Waals surface area contributed by atoms with E-state index in [0.717, 1.165) is 5.88 Å². The lowest BCUT2D eigenvalue weighted by Gasteiger charge is -2.00. The third-order valence-corrected chi connectivity index (χ3v) is 1.32. The molecule has 50 valence electrons. The highest BCUT2D eigenvalue weighted by atomic mass is 16.5. The molecule has 1 aromatic rings. The normalized spacial score (nSPS) is 9.56. The molecule has 0 aromatic carbocycles. The number of nitrogen functional groups attached to an aromatic ring is 1. The highest BCUT2D eigenvalue weighted by Crippen LogP contribution is 2.14. The molecule has 0 saturated heterocycles. The smallest absolute Gasteiger partial charge is 0.194 e. The molecule has 0 fully saturated rings. The van der Waals surface area contributed by atoms with Crippen molar-refractivity contribution in [1.29, 1.82) is 0 Å². The van der Waals surface area contributed by atoms with Crippen LogP contribution in [-0.4, -0.2) is 11.7 Å². The number of nitrogens with zero attached hydrogens (tertiary/aromatic N) is 1. The van der Waals surface area contributed by atoms with E-state index in [1.54, 1.807) is 17.7 Å². The van der Waals surface area contributed by atoms with Crippen LogP contribution in [0.5, 0.6) is 5.88 Å². The molecule has 3 heteroatoms. The van der Waals surface area contributed by atoms with Crippen LogP contribution in [0.15, 0.2) is 12.1 Å². The highest BCUT2D eigenvalue weighted by molar-refractivity contribution is 5.36. The number of anilines is 1. The molecule has 0 unspecified atom stereocenters. The summed E-state index contributed by atoms with van der Waals surface area (Å²) in [5, 5.41) is 0. The van der Waals surface area contributed by atoms with E-state index in [0.29, 0.717) is 5.82 Å². The van der Waals surface area contributed by atoms with E-state index in [9.17, 15) is 0 Å². The van der Waals surface area contributed by atoms with Crippen LogP contribution in [0, 0.1) is 0 Å². The average molecular weight is 126 g/mol. The molecular weight excluding hydrogens is 116 g/mol. The molecule has 3 nitrogen and oxygen atoms in total. The standard InChI is InChI=1S/C6H10N2O/c1-8-5(7)3-4-6(8)9-2/h3-4H,7H2,1-2H3. The lowest BCUT2D eigenvalue weighted by molar-refractivity contribution is 0.383. The Bertz CT molecular complexity index is 205. The van der Waals surface area contributed by atoms with Crippen LogP contribution in [0.2, 0.25) is 0 Å². The topological polar surface area (TPSA) is 40.2 Å². The van der Waals surface area contributed by atoms with E-state index in [4.69, 9.17) is 10.5 Å². The second kappa shape index (κ2) is 2.01. The van der Waals surface area contributed by atoms with Gasteiger partial charge in [-0.1, -0.05) is 0 Å². The van der Waals surface area contributed by atoms with Gasteiger partial charge in [-0.05, 0) is 6.07 Å². The van der Waals surface area contributed by atoms with Crippen LogP contribution in [0.3, 0.4) is 0 Å². The van der Waals surface area contributed by atoms with Crippen LogP contribution >= 0.6 is 0 Å². The first-order valence-electron chi connectivity index (χ1n) is 2.71. The maximum Gasteiger partial charge on any atom is 0.194 e. The fourth-order valence-corrected chi connectivity index (χ4v) is 0.712. The maximum absolute atomic E-state index is 5.50. The van der Waals surface area contributed by atoms with Gasteiger partial charge in [0.1, 0.15) is 5.82 Å². The Kier molecular flexibility index (Phi) is 1.34. The first kappa shape index (κ1) is 6.01. The van der Waals surface area contributed by atoms with Crippen molar-refractivity contribution < 1.29 is 4.74 Å². The van der Waals surface area contributed by atoms with Crippen molar-refractivity contribution in [2.45, 2.75) is 0 Å². The lowest BCUT2D eigenvalue weighted by Crippen LogP contribution is -1.97. The minimum Gasteiger partial charge on any atom is -0.482 e. The van der Waals surface area contributed by atoms with Crippen LogP contribution in [0.4, 0.5) is 5.82 Å². The van der Waals surface area contributed by atoms with E-state index in [1.807, 2.05) is 13.1 Å². The van der Waals surface area contributed by atoms with Crippen molar-refractivity contribution in [1.82, 2.24) is 4.57 Å².